The van der Waals surface area contributed by atoms with E-state index in [1.807, 2.05) is 6.92 Å². The van der Waals surface area contributed by atoms with Crippen molar-refractivity contribution in [1.82, 2.24) is 5.32 Å². The second-order valence-corrected chi connectivity index (χ2v) is 4.24. The summed E-state index contributed by atoms with van der Waals surface area (Å²) in [4.78, 5) is 11.7. The summed E-state index contributed by atoms with van der Waals surface area (Å²) >= 11 is 0. The van der Waals surface area contributed by atoms with E-state index in [0.717, 1.165) is 12.3 Å². The number of nitrogens with zero attached hydrogens (tertiary/aromatic N) is 1. The SMILES string of the molecule is CCOCCCNC(=O)/C(C#N)=C\Nc1ccc(F)cc1F. The van der Waals surface area contributed by atoms with Crippen LogP contribution in [0.1, 0.15) is 13.3 Å². The van der Waals surface area contributed by atoms with Gasteiger partial charge in [-0.1, -0.05) is 0 Å². The second-order valence-electron chi connectivity index (χ2n) is 4.24. The Bertz CT molecular complexity index is 583. The molecule has 0 fully saturated rings. The number of nitriles is 1. The first kappa shape index (κ1) is 17.6. The van der Waals surface area contributed by atoms with Crippen molar-refractivity contribution in [2.45, 2.75) is 13.3 Å². The van der Waals surface area contributed by atoms with Gasteiger partial charge in [-0.25, -0.2) is 8.78 Å². The van der Waals surface area contributed by atoms with Gasteiger partial charge in [0, 0.05) is 32.0 Å². The van der Waals surface area contributed by atoms with Gasteiger partial charge >= 0.3 is 0 Å². The van der Waals surface area contributed by atoms with Crippen molar-refractivity contribution < 1.29 is 18.3 Å². The van der Waals surface area contributed by atoms with Crippen LogP contribution in [0.2, 0.25) is 0 Å². The van der Waals surface area contributed by atoms with Crippen LogP contribution in [0, 0.1) is 23.0 Å². The molecule has 118 valence electrons. The molecule has 2 N–H and O–H groups in total. The molecule has 0 atom stereocenters. The van der Waals surface area contributed by atoms with Crippen LogP contribution in [-0.2, 0) is 9.53 Å². The number of benzene rings is 1. The molecule has 5 nitrogen and oxygen atoms in total. The number of halogens is 2. The number of carbonyl (C=O) groups is 1. The topological polar surface area (TPSA) is 74.1 Å². The van der Waals surface area contributed by atoms with Gasteiger partial charge in [0.2, 0.25) is 0 Å². The fourth-order valence-electron chi connectivity index (χ4n) is 1.52. The lowest BCUT2D eigenvalue weighted by Gasteiger charge is -2.06. The molecule has 0 aliphatic rings. The summed E-state index contributed by atoms with van der Waals surface area (Å²) in [5, 5.41) is 14.0. The molecule has 22 heavy (non-hydrogen) atoms. The summed E-state index contributed by atoms with van der Waals surface area (Å²) in [6.45, 7) is 3.35. The minimum atomic E-state index is -0.814. The molecule has 0 aliphatic heterocycles. The third kappa shape index (κ3) is 5.89. The van der Waals surface area contributed by atoms with Crippen LogP contribution in [0.25, 0.3) is 0 Å². The Labute approximate surface area is 127 Å². The Hall–Kier alpha value is -2.46. The molecule has 1 aromatic rings. The molecule has 0 aromatic heterocycles. The van der Waals surface area contributed by atoms with E-state index in [9.17, 15) is 13.6 Å². The highest BCUT2D eigenvalue weighted by molar-refractivity contribution is 5.97. The normalized spacial score (nSPS) is 10.9. The summed E-state index contributed by atoms with van der Waals surface area (Å²) in [7, 11) is 0. The maximum atomic E-state index is 13.4. The van der Waals surface area contributed by atoms with Crippen molar-refractivity contribution in [3.05, 3.63) is 41.6 Å². The van der Waals surface area contributed by atoms with Gasteiger partial charge in [-0.3, -0.25) is 4.79 Å². The van der Waals surface area contributed by atoms with Gasteiger partial charge in [0.25, 0.3) is 5.91 Å². The minimum Gasteiger partial charge on any atom is -0.382 e. The molecule has 0 saturated carbocycles. The summed E-state index contributed by atoms with van der Waals surface area (Å²) in [5.74, 6) is -2.10. The van der Waals surface area contributed by atoms with Crippen LogP contribution in [0.15, 0.2) is 30.0 Å². The minimum absolute atomic E-state index is 0.0294. The fourth-order valence-corrected chi connectivity index (χ4v) is 1.52. The summed E-state index contributed by atoms with van der Waals surface area (Å²) in [6, 6.07) is 4.66. The largest absolute Gasteiger partial charge is 0.382 e. The zero-order valence-corrected chi connectivity index (χ0v) is 12.2. The molecule has 7 heteroatoms. The van der Waals surface area contributed by atoms with Crippen LogP contribution in [0.4, 0.5) is 14.5 Å². The first-order chi connectivity index (χ1) is 10.6. The van der Waals surface area contributed by atoms with E-state index in [-0.39, 0.29) is 11.3 Å². The number of ether oxygens (including phenoxy) is 1. The predicted molar refractivity (Wildman–Crippen MR) is 77.8 cm³/mol. The molecule has 0 bridgehead atoms. The Balaban J connectivity index is 2.55. The van der Waals surface area contributed by atoms with E-state index in [2.05, 4.69) is 10.6 Å². The number of carbonyl (C=O) groups excluding carboxylic acids is 1. The van der Waals surface area contributed by atoms with Crippen LogP contribution in [0.5, 0.6) is 0 Å². The number of anilines is 1. The molecule has 0 aliphatic carbocycles. The number of rotatable bonds is 8. The number of nitrogens with one attached hydrogen (secondary N) is 2. The van der Waals surface area contributed by atoms with Crippen molar-refractivity contribution in [1.29, 1.82) is 5.26 Å². The zero-order valence-electron chi connectivity index (χ0n) is 12.2. The molecule has 1 rings (SSSR count). The standard InChI is InChI=1S/C15H17F2N3O2/c1-2-22-7-3-6-19-15(21)11(9-18)10-20-14-5-4-12(16)8-13(14)17/h4-5,8,10,20H,2-3,6-7H2,1H3,(H,19,21)/b11-10-. The monoisotopic (exact) mass is 309 g/mol. The van der Waals surface area contributed by atoms with Crippen LogP contribution in [0.3, 0.4) is 0 Å². The average Bonchev–Trinajstić information content (AvgIpc) is 2.49. The predicted octanol–water partition coefficient (Wildman–Crippen LogP) is 2.33. The Kier molecular flexibility index (Phi) is 7.57. The molecule has 0 spiro atoms. The van der Waals surface area contributed by atoms with Crippen molar-refractivity contribution in [3.8, 4) is 6.07 Å². The zero-order chi connectivity index (χ0) is 16.4. The highest BCUT2D eigenvalue weighted by atomic mass is 19.1. The lowest BCUT2D eigenvalue weighted by atomic mass is 10.2. The molecular formula is C15H17F2N3O2. The molecule has 0 unspecified atom stereocenters. The average molecular weight is 309 g/mol. The molecular weight excluding hydrogens is 292 g/mol. The highest BCUT2D eigenvalue weighted by Gasteiger charge is 2.09. The van der Waals surface area contributed by atoms with E-state index in [1.165, 1.54) is 6.07 Å². The van der Waals surface area contributed by atoms with Crippen molar-refractivity contribution >= 4 is 11.6 Å². The second kappa shape index (κ2) is 9.47. The molecule has 0 saturated heterocycles. The first-order valence-electron chi connectivity index (χ1n) is 6.76. The van der Waals surface area contributed by atoms with Gasteiger partial charge in [-0.15, -0.1) is 0 Å². The van der Waals surface area contributed by atoms with Crippen molar-refractivity contribution in [2.24, 2.45) is 0 Å². The fraction of sp³-hybridized carbons (Fsp3) is 0.333. The number of amides is 1. The maximum absolute atomic E-state index is 13.4. The first-order valence-corrected chi connectivity index (χ1v) is 6.76. The maximum Gasteiger partial charge on any atom is 0.263 e. The lowest BCUT2D eigenvalue weighted by molar-refractivity contribution is -0.117. The quantitative estimate of drug-likeness (QED) is 0.439. The van der Waals surface area contributed by atoms with Crippen molar-refractivity contribution in [3.63, 3.8) is 0 Å². The van der Waals surface area contributed by atoms with Gasteiger partial charge in [0.1, 0.15) is 23.3 Å². The van der Waals surface area contributed by atoms with Gasteiger partial charge in [0.15, 0.2) is 0 Å². The summed E-state index contributed by atoms with van der Waals surface area (Å²) in [5.41, 5.74) is -0.238. The van der Waals surface area contributed by atoms with Crippen molar-refractivity contribution in [2.75, 3.05) is 25.1 Å². The molecule has 0 heterocycles. The lowest BCUT2D eigenvalue weighted by Crippen LogP contribution is -2.26. The van der Waals surface area contributed by atoms with Crippen LogP contribution in [-0.4, -0.2) is 25.7 Å². The van der Waals surface area contributed by atoms with E-state index < -0.39 is 17.5 Å². The summed E-state index contributed by atoms with van der Waals surface area (Å²) in [6.07, 6.45) is 1.70. The van der Waals surface area contributed by atoms with Crippen LogP contribution < -0.4 is 10.6 Å². The Morgan fingerprint density at radius 1 is 1.45 bits per heavy atom. The van der Waals surface area contributed by atoms with E-state index in [4.69, 9.17) is 10.00 Å². The van der Waals surface area contributed by atoms with Gasteiger partial charge < -0.3 is 15.4 Å². The Morgan fingerprint density at radius 2 is 2.23 bits per heavy atom. The highest BCUT2D eigenvalue weighted by Crippen LogP contribution is 2.15. The van der Waals surface area contributed by atoms with E-state index in [1.54, 1.807) is 6.07 Å². The van der Waals surface area contributed by atoms with Gasteiger partial charge in [0.05, 0.1) is 5.69 Å². The third-order valence-electron chi connectivity index (χ3n) is 2.62. The smallest absolute Gasteiger partial charge is 0.263 e. The summed E-state index contributed by atoms with van der Waals surface area (Å²) < 4.78 is 31.3. The number of hydrogen-bond donors (Lipinski definition) is 2. The van der Waals surface area contributed by atoms with E-state index >= 15 is 0 Å². The molecule has 1 aromatic carbocycles. The third-order valence-corrected chi connectivity index (χ3v) is 2.62. The number of hydrogen-bond acceptors (Lipinski definition) is 4. The van der Waals surface area contributed by atoms with Crippen LogP contribution >= 0.6 is 0 Å². The van der Waals surface area contributed by atoms with Gasteiger partial charge in [-0.2, -0.15) is 5.26 Å². The van der Waals surface area contributed by atoms with E-state index in [0.29, 0.717) is 32.2 Å². The molecule has 0 radical (unpaired) electrons. The molecule has 1 amide bonds. The Morgan fingerprint density at radius 3 is 2.86 bits per heavy atom. The van der Waals surface area contributed by atoms with Gasteiger partial charge in [-0.05, 0) is 25.5 Å².